The molecule has 6 heteroatoms. The number of benzene rings is 2. The van der Waals surface area contributed by atoms with Crippen LogP contribution in [0.3, 0.4) is 0 Å². The van der Waals surface area contributed by atoms with Gasteiger partial charge in [0.05, 0.1) is 18.8 Å². The summed E-state index contributed by atoms with van der Waals surface area (Å²) in [6, 6.07) is 15.8. The molecule has 0 atom stereocenters. The van der Waals surface area contributed by atoms with E-state index in [4.69, 9.17) is 9.57 Å². The van der Waals surface area contributed by atoms with Crippen LogP contribution in [0, 0.1) is 0 Å². The minimum Gasteiger partial charge on any atom is -0.378 e. The number of oxime groups is 1. The first kappa shape index (κ1) is 17.8. The Morgan fingerprint density at radius 3 is 2.27 bits per heavy atom. The Morgan fingerprint density at radius 2 is 1.62 bits per heavy atom. The van der Waals surface area contributed by atoms with Gasteiger partial charge in [0.25, 0.3) is 0 Å². The standard InChI is InChI=1S/C20H20N2O4/c1-15(21-26-20(24)17-5-3-2-4-6-17)19(23)16-7-9-18(10-8-16)22-11-13-25-14-12-22/h2-10H,11-14H2,1H3/b21-15+. The predicted octanol–water partition coefficient (Wildman–Crippen LogP) is 2.94. The number of anilines is 1. The van der Waals surface area contributed by atoms with Crippen LogP contribution in [-0.4, -0.2) is 43.8 Å². The van der Waals surface area contributed by atoms with Crippen LogP contribution in [-0.2, 0) is 9.57 Å². The summed E-state index contributed by atoms with van der Waals surface area (Å²) in [4.78, 5) is 31.4. The van der Waals surface area contributed by atoms with Crippen LogP contribution in [0.15, 0.2) is 59.8 Å². The normalized spacial score (nSPS) is 14.8. The second-order valence-electron chi connectivity index (χ2n) is 5.90. The highest BCUT2D eigenvalue weighted by atomic mass is 16.7. The molecule has 2 aromatic rings. The highest BCUT2D eigenvalue weighted by Gasteiger charge is 2.15. The molecule has 3 rings (SSSR count). The highest BCUT2D eigenvalue weighted by Crippen LogP contribution is 2.17. The van der Waals surface area contributed by atoms with E-state index in [1.54, 1.807) is 42.5 Å². The number of hydrogen-bond acceptors (Lipinski definition) is 6. The maximum absolute atomic E-state index is 12.4. The largest absolute Gasteiger partial charge is 0.378 e. The molecule has 1 saturated heterocycles. The molecule has 0 aromatic heterocycles. The van der Waals surface area contributed by atoms with E-state index in [1.807, 2.05) is 12.1 Å². The van der Waals surface area contributed by atoms with Gasteiger partial charge in [-0.25, -0.2) is 4.79 Å². The van der Waals surface area contributed by atoms with Crippen molar-refractivity contribution in [2.45, 2.75) is 6.92 Å². The van der Waals surface area contributed by atoms with Crippen LogP contribution >= 0.6 is 0 Å². The van der Waals surface area contributed by atoms with Gasteiger partial charge in [-0.1, -0.05) is 23.4 Å². The molecular formula is C20H20N2O4. The highest BCUT2D eigenvalue weighted by molar-refractivity contribution is 6.45. The lowest BCUT2D eigenvalue weighted by atomic mass is 10.1. The molecule has 1 aliphatic heterocycles. The smallest absolute Gasteiger partial charge is 0.365 e. The molecule has 0 unspecified atom stereocenters. The van der Waals surface area contributed by atoms with E-state index in [9.17, 15) is 9.59 Å². The minimum absolute atomic E-state index is 0.119. The van der Waals surface area contributed by atoms with Gasteiger partial charge in [0, 0.05) is 24.3 Å². The van der Waals surface area contributed by atoms with Crippen LogP contribution in [0.5, 0.6) is 0 Å². The number of hydrogen-bond donors (Lipinski definition) is 0. The first-order chi connectivity index (χ1) is 12.6. The van der Waals surface area contributed by atoms with Gasteiger partial charge in [-0.05, 0) is 43.3 Å². The van der Waals surface area contributed by atoms with E-state index in [2.05, 4.69) is 10.1 Å². The summed E-state index contributed by atoms with van der Waals surface area (Å²) in [5, 5.41) is 3.68. The van der Waals surface area contributed by atoms with Crippen molar-refractivity contribution in [2.24, 2.45) is 5.16 Å². The van der Waals surface area contributed by atoms with Gasteiger partial charge >= 0.3 is 5.97 Å². The summed E-state index contributed by atoms with van der Waals surface area (Å²) >= 11 is 0. The number of ketones is 1. The molecule has 1 heterocycles. The van der Waals surface area contributed by atoms with Gasteiger partial charge in [0.15, 0.2) is 0 Å². The minimum atomic E-state index is -0.597. The van der Waals surface area contributed by atoms with Crippen molar-refractivity contribution in [1.29, 1.82) is 0 Å². The van der Waals surface area contributed by atoms with Crippen molar-refractivity contribution in [3.8, 4) is 0 Å². The van der Waals surface area contributed by atoms with E-state index >= 15 is 0 Å². The second-order valence-corrected chi connectivity index (χ2v) is 5.90. The van der Waals surface area contributed by atoms with Crippen LogP contribution in [0.4, 0.5) is 5.69 Å². The summed E-state index contributed by atoms with van der Waals surface area (Å²) in [5.41, 5.74) is 2.05. The van der Waals surface area contributed by atoms with E-state index < -0.39 is 5.97 Å². The van der Waals surface area contributed by atoms with Crippen LogP contribution in [0.1, 0.15) is 27.6 Å². The molecule has 0 N–H and O–H groups in total. The number of rotatable bonds is 5. The number of carbonyl (C=O) groups excluding carboxylic acids is 2. The van der Waals surface area contributed by atoms with Crippen molar-refractivity contribution in [3.05, 3.63) is 65.7 Å². The zero-order chi connectivity index (χ0) is 18.4. The van der Waals surface area contributed by atoms with Crippen LogP contribution < -0.4 is 4.90 Å². The molecule has 6 nitrogen and oxygen atoms in total. The number of Topliss-reactive ketones (excluding diaryl/α,β-unsaturated/α-hetero) is 1. The maximum Gasteiger partial charge on any atom is 0.365 e. The zero-order valence-corrected chi connectivity index (χ0v) is 14.6. The molecule has 2 aromatic carbocycles. The fraction of sp³-hybridized carbons (Fsp3) is 0.250. The molecule has 0 bridgehead atoms. The molecular weight excluding hydrogens is 332 g/mol. The Kier molecular flexibility index (Phi) is 5.76. The Balaban J connectivity index is 1.63. The molecule has 0 amide bonds. The van der Waals surface area contributed by atoms with Crippen molar-refractivity contribution >= 4 is 23.2 Å². The molecule has 134 valence electrons. The second kappa shape index (κ2) is 8.40. The monoisotopic (exact) mass is 352 g/mol. The predicted molar refractivity (Wildman–Crippen MR) is 98.8 cm³/mol. The third-order valence-corrected chi connectivity index (χ3v) is 4.11. The van der Waals surface area contributed by atoms with Crippen molar-refractivity contribution in [2.75, 3.05) is 31.2 Å². The van der Waals surface area contributed by atoms with Gasteiger partial charge < -0.3 is 14.5 Å². The van der Waals surface area contributed by atoms with E-state index in [0.717, 1.165) is 18.8 Å². The fourth-order valence-electron chi connectivity index (χ4n) is 2.63. The fourth-order valence-corrected chi connectivity index (χ4v) is 2.63. The van der Waals surface area contributed by atoms with Gasteiger partial charge in [0.1, 0.15) is 5.71 Å². The first-order valence-electron chi connectivity index (χ1n) is 8.43. The lowest BCUT2D eigenvalue weighted by molar-refractivity contribution is 0.0515. The topological polar surface area (TPSA) is 68.2 Å². The summed E-state index contributed by atoms with van der Waals surface area (Å²) in [6.07, 6.45) is 0. The van der Waals surface area contributed by atoms with Crippen molar-refractivity contribution < 1.29 is 19.2 Å². The Morgan fingerprint density at radius 1 is 0.962 bits per heavy atom. The lowest BCUT2D eigenvalue weighted by Gasteiger charge is -2.28. The SMILES string of the molecule is C/C(=N\OC(=O)c1ccccc1)C(=O)c1ccc(N2CCOCC2)cc1. The summed E-state index contributed by atoms with van der Waals surface area (Å²) in [7, 11) is 0. The van der Waals surface area contributed by atoms with Crippen molar-refractivity contribution in [3.63, 3.8) is 0 Å². The van der Waals surface area contributed by atoms with E-state index in [-0.39, 0.29) is 11.5 Å². The Hall–Kier alpha value is -2.99. The molecule has 1 fully saturated rings. The Bertz CT molecular complexity index is 794. The summed E-state index contributed by atoms with van der Waals surface area (Å²) in [5.74, 6) is -0.875. The first-order valence-corrected chi connectivity index (χ1v) is 8.43. The molecule has 0 radical (unpaired) electrons. The third-order valence-electron chi connectivity index (χ3n) is 4.11. The average molecular weight is 352 g/mol. The molecule has 1 aliphatic rings. The van der Waals surface area contributed by atoms with Gasteiger partial charge in [-0.3, -0.25) is 4.79 Å². The Labute approximate surface area is 152 Å². The number of carbonyl (C=O) groups is 2. The van der Waals surface area contributed by atoms with Crippen molar-refractivity contribution in [1.82, 2.24) is 0 Å². The van der Waals surface area contributed by atoms with Crippen LogP contribution in [0.25, 0.3) is 0 Å². The molecule has 0 aliphatic carbocycles. The average Bonchev–Trinajstić information content (AvgIpc) is 2.72. The number of morpholine rings is 1. The van der Waals surface area contributed by atoms with E-state index in [1.165, 1.54) is 6.92 Å². The van der Waals surface area contributed by atoms with Gasteiger partial charge in [0.2, 0.25) is 5.78 Å². The summed E-state index contributed by atoms with van der Waals surface area (Å²) < 4.78 is 5.34. The third kappa shape index (κ3) is 4.34. The molecule has 0 saturated carbocycles. The van der Waals surface area contributed by atoms with E-state index in [0.29, 0.717) is 24.3 Å². The lowest BCUT2D eigenvalue weighted by Crippen LogP contribution is -2.36. The molecule has 26 heavy (non-hydrogen) atoms. The van der Waals surface area contributed by atoms with Gasteiger partial charge in [-0.2, -0.15) is 0 Å². The van der Waals surface area contributed by atoms with Crippen LogP contribution in [0.2, 0.25) is 0 Å². The summed E-state index contributed by atoms with van der Waals surface area (Å²) in [6.45, 7) is 4.61. The molecule has 0 spiro atoms. The zero-order valence-electron chi connectivity index (χ0n) is 14.6. The van der Waals surface area contributed by atoms with Gasteiger partial charge in [-0.15, -0.1) is 0 Å². The maximum atomic E-state index is 12.4. The quantitative estimate of drug-likeness (QED) is 0.358. The number of ether oxygens (including phenoxy) is 1. The number of nitrogens with zero attached hydrogens (tertiary/aromatic N) is 2.